The number of carbonyl (C=O) groups excluding carboxylic acids is 1. The van der Waals surface area contributed by atoms with E-state index in [1.807, 2.05) is 24.3 Å². The predicted octanol–water partition coefficient (Wildman–Crippen LogP) is 5.34. The maximum atomic E-state index is 13.3. The van der Waals surface area contributed by atoms with Gasteiger partial charge in [0.2, 0.25) is 0 Å². The minimum absolute atomic E-state index is 0.257. The Hall–Kier alpha value is -3.08. The first kappa shape index (κ1) is 18.3. The molecule has 4 rings (SSSR count). The number of fused-ring (bicyclic) bond motifs is 1. The van der Waals surface area contributed by atoms with E-state index in [-0.39, 0.29) is 11.7 Å². The quantitative estimate of drug-likeness (QED) is 0.629. The van der Waals surface area contributed by atoms with Crippen molar-refractivity contribution in [2.75, 3.05) is 0 Å². The summed E-state index contributed by atoms with van der Waals surface area (Å²) in [6, 6.07) is 15.4. The molecule has 0 radical (unpaired) electrons. The molecule has 1 aromatic heterocycles. The van der Waals surface area contributed by atoms with Gasteiger partial charge in [0.1, 0.15) is 5.82 Å². The van der Waals surface area contributed by atoms with Crippen LogP contribution < -0.4 is 5.43 Å². The molecule has 1 amide bonds. The Labute approximate surface area is 163 Å². The summed E-state index contributed by atoms with van der Waals surface area (Å²) in [5.74, 6) is -0.162. The van der Waals surface area contributed by atoms with Gasteiger partial charge >= 0.3 is 0 Å². The number of hydrazone groups is 1. The standard InChI is InChI=1S/C23H22FN3O/c1-15-6-2-4-8-20(15)26-27-23(28)19-14-22(16-10-12-17(24)13-11-16)25-21-9-5-3-7-18(19)21/h3,5,7,9-15H,2,4,6,8H2,1H3,(H,27,28)/b26-20-/t15-/m0/s1. The molecule has 5 heteroatoms. The predicted molar refractivity (Wildman–Crippen MR) is 110 cm³/mol. The van der Waals surface area contributed by atoms with Crippen LogP contribution in [-0.4, -0.2) is 16.6 Å². The van der Waals surface area contributed by atoms with E-state index in [1.165, 1.54) is 18.6 Å². The number of hydrogen-bond acceptors (Lipinski definition) is 3. The molecule has 142 valence electrons. The van der Waals surface area contributed by atoms with E-state index in [4.69, 9.17) is 0 Å². The molecule has 0 spiro atoms. The second kappa shape index (κ2) is 7.89. The molecule has 0 saturated heterocycles. The molecule has 1 fully saturated rings. The van der Waals surface area contributed by atoms with E-state index in [9.17, 15) is 9.18 Å². The number of rotatable bonds is 3. The topological polar surface area (TPSA) is 54.4 Å². The van der Waals surface area contributed by atoms with Gasteiger partial charge in [-0.15, -0.1) is 0 Å². The Morgan fingerprint density at radius 2 is 1.93 bits per heavy atom. The number of carbonyl (C=O) groups is 1. The van der Waals surface area contributed by atoms with Crippen LogP contribution in [0.1, 0.15) is 43.0 Å². The Kier molecular flexibility index (Phi) is 5.15. The van der Waals surface area contributed by atoms with Crippen molar-refractivity contribution in [3.05, 3.63) is 66.0 Å². The fraction of sp³-hybridized carbons (Fsp3) is 0.261. The first-order chi connectivity index (χ1) is 13.6. The average molecular weight is 375 g/mol. The van der Waals surface area contributed by atoms with Crippen LogP contribution >= 0.6 is 0 Å². The van der Waals surface area contributed by atoms with E-state index >= 15 is 0 Å². The zero-order chi connectivity index (χ0) is 19.5. The smallest absolute Gasteiger partial charge is 0.267 e. The number of para-hydroxylation sites is 1. The summed E-state index contributed by atoms with van der Waals surface area (Å²) in [7, 11) is 0. The summed E-state index contributed by atoms with van der Waals surface area (Å²) < 4.78 is 13.3. The highest BCUT2D eigenvalue weighted by Crippen LogP contribution is 2.25. The summed E-state index contributed by atoms with van der Waals surface area (Å²) in [6.07, 6.45) is 4.37. The monoisotopic (exact) mass is 375 g/mol. The van der Waals surface area contributed by atoms with Gasteiger partial charge in [-0.25, -0.2) is 14.8 Å². The molecule has 1 aliphatic carbocycles. The summed E-state index contributed by atoms with van der Waals surface area (Å²) in [6.45, 7) is 2.15. The molecule has 0 aliphatic heterocycles. The number of nitrogens with one attached hydrogen (secondary N) is 1. The maximum absolute atomic E-state index is 13.3. The molecule has 0 bridgehead atoms. The SMILES string of the molecule is C[C@H]1CCCC/C1=N/NC(=O)c1cc(-c2ccc(F)cc2)nc2ccccc12. The summed E-state index contributed by atoms with van der Waals surface area (Å²) in [5.41, 5.74) is 6.41. The number of hydrogen-bond donors (Lipinski definition) is 1. The second-order valence-electron chi connectivity index (χ2n) is 7.27. The maximum Gasteiger partial charge on any atom is 0.272 e. The third-order valence-electron chi connectivity index (χ3n) is 5.29. The molecule has 2 aromatic carbocycles. The van der Waals surface area contributed by atoms with Crippen molar-refractivity contribution in [2.45, 2.75) is 32.6 Å². The van der Waals surface area contributed by atoms with Crippen molar-refractivity contribution < 1.29 is 9.18 Å². The van der Waals surface area contributed by atoms with Gasteiger partial charge in [0.25, 0.3) is 5.91 Å². The number of benzene rings is 2. The summed E-state index contributed by atoms with van der Waals surface area (Å²) >= 11 is 0. The van der Waals surface area contributed by atoms with Gasteiger partial charge in [-0.2, -0.15) is 5.10 Å². The minimum atomic E-state index is -0.306. The second-order valence-corrected chi connectivity index (χ2v) is 7.27. The normalized spacial score (nSPS) is 18.4. The Balaban J connectivity index is 1.71. The van der Waals surface area contributed by atoms with Gasteiger partial charge in [-0.1, -0.05) is 31.5 Å². The molecule has 1 atom stereocenters. The van der Waals surface area contributed by atoms with Crippen molar-refractivity contribution in [3.63, 3.8) is 0 Å². The average Bonchev–Trinajstić information content (AvgIpc) is 2.72. The number of aromatic nitrogens is 1. The van der Waals surface area contributed by atoms with Gasteiger partial charge in [0.15, 0.2) is 0 Å². The van der Waals surface area contributed by atoms with Gasteiger partial charge in [0, 0.05) is 16.7 Å². The van der Waals surface area contributed by atoms with Crippen molar-refractivity contribution in [1.29, 1.82) is 0 Å². The lowest BCUT2D eigenvalue weighted by Crippen LogP contribution is -2.24. The van der Waals surface area contributed by atoms with Gasteiger partial charge in [-0.05, 0) is 61.6 Å². The van der Waals surface area contributed by atoms with Gasteiger partial charge in [0.05, 0.1) is 16.8 Å². The van der Waals surface area contributed by atoms with Gasteiger partial charge in [-0.3, -0.25) is 4.79 Å². The first-order valence-electron chi connectivity index (χ1n) is 9.64. The van der Waals surface area contributed by atoms with Crippen LogP contribution in [0.15, 0.2) is 59.7 Å². The Bertz CT molecular complexity index is 1040. The van der Waals surface area contributed by atoms with E-state index in [0.717, 1.165) is 35.9 Å². The van der Waals surface area contributed by atoms with Crippen LogP contribution in [0.2, 0.25) is 0 Å². The highest BCUT2D eigenvalue weighted by Gasteiger charge is 2.18. The number of nitrogens with zero attached hydrogens (tertiary/aromatic N) is 2. The Morgan fingerprint density at radius 1 is 1.14 bits per heavy atom. The Morgan fingerprint density at radius 3 is 2.71 bits per heavy atom. The van der Waals surface area contributed by atoms with E-state index < -0.39 is 0 Å². The van der Waals surface area contributed by atoms with Crippen molar-refractivity contribution in [3.8, 4) is 11.3 Å². The van der Waals surface area contributed by atoms with Crippen LogP contribution in [-0.2, 0) is 0 Å². The molecule has 0 unspecified atom stereocenters. The molecular formula is C23H22FN3O. The fourth-order valence-electron chi connectivity index (χ4n) is 3.65. The number of amides is 1. The molecule has 1 heterocycles. The third-order valence-corrected chi connectivity index (χ3v) is 5.29. The molecule has 1 saturated carbocycles. The van der Waals surface area contributed by atoms with Crippen LogP contribution in [0.4, 0.5) is 4.39 Å². The lowest BCUT2D eigenvalue weighted by atomic mass is 9.89. The van der Waals surface area contributed by atoms with E-state index in [2.05, 4.69) is 22.4 Å². The molecular weight excluding hydrogens is 353 g/mol. The van der Waals surface area contributed by atoms with E-state index in [0.29, 0.717) is 22.7 Å². The highest BCUT2D eigenvalue weighted by atomic mass is 19.1. The molecule has 1 N–H and O–H groups in total. The largest absolute Gasteiger partial charge is 0.272 e. The zero-order valence-corrected chi connectivity index (χ0v) is 15.8. The lowest BCUT2D eigenvalue weighted by Gasteiger charge is -2.19. The van der Waals surface area contributed by atoms with Crippen LogP contribution in [0.5, 0.6) is 0 Å². The molecule has 4 nitrogen and oxygen atoms in total. The third kappa shape index (κ3) is 3.79. The van der Waals surface area contributed by atoms with Crippen LogP contribution in [0.3, 0.4) is 0 Å². The van der Waals surface area contributed by atoms with Crippen LogP contribution in [0.25, 0.3) is 22.2 Å². The van der Waals surface area contributed by atoms with Crippen molar-refractivity contribution in [2.24, 2.45) is 11.0 Å². The first-order valence-corrected chi connectivity index (χ1v) is 9.64. The lowest BCUT2D eigenvalue weighted by molar-refractivity contribution is 0.0956. The van der Waals surface area contributed by atoms with Crippen molar-refractivity contribution in [1.82, 2.24) is 10.4 Å². The summed E-state index contributed by atoms with van der Waals surface area (Å²) in [4.78, 5) is 17.6. The summed E-state index contributed by atoms with van der Waals surface area (Å²) in [5, 5.41) is 5.17. The number of pyridine rings is 1. The molecule has 28 heavy (non-hydrogen) atoms. The molecule has 3 aromatic rings. The minimum Gasteiger partial charge on any atom is -0.267 e. The van der Waals surface area contributed by atoms with E-state index in [1.54, 1.807) is 18.2 Å². The van der Waals surface area contributed by atoms with Gasteiger partial charge < -0.3 is 0 Å². The fourth-order valence-corrected chi connectivity index (χ4v) is 3.65. The highest BCUT2D eigenvalue weighted by molar-refractivity contribution is 6.07. The van der Waals surface area contributed by atoms with Crippen LogP contribution in [0, 0.1) is 11.7 Å². The van der Waals surface area contributed by atoms with Crippen molar-refractivity contribution >= 4 is 22.5 Å². The molecule has 1 aliphatic rings. The zero-order valence-electron chi connectivity index (χ0n) is 15.8. The number of halogens is 1.